The Morgan fingerprint density at radius 3 is 2.30 bits per heavy atom. The maximum Gasteiger partial charge on any atom is 0.262 e. The lowest BCUT2D eigenvalue weighted by Crippen LogP contribution is -2.18. The lowest BCUT2D eigenvalue weighted by Gasteiger charge is -2.19. The van der Waals surface area contributed by atoms with Gasteiger partial charge in [-0.25, -0.2) is 16.8 Å². The van der Waals surface area contributed by atoms with E-state index in [1.165, 1.54) is 43.5 Å². The normalized spacial score (nSPS) is 13.3. The molecule has 4 rings (SSSR count). The summed E-state index contributed by atoms with van der Waals surface area (Å²) in [5, 5.41) is 0. The predicted molar refractivity (Wildman–Crippen MR) is 123 cm³/mol. The van der Waals surface area contributed by atoms with Crippen molar-refractivity contribution in [1.29, 1.82) is 0 Å². The standard InChI is InChI=1S/C22H22N2O7S2/c1-15-7-8-16(13-22(15)33(27,28)24-18-5-3-4-6-19(18)29-2)23-32(25,26)17-9-10-20-21(14-17)31-12-11-30-20/h3-10,13-14,23-24H,11-12H2,1-2H3. The van der Waals surface area contributed by atoms with Gasteiger partial charge in [-0.1, -0.05) is 18.2 Å². The smallest absolute Gasteiger partial charge is 0.262 e. The van der Waals surface area contributed by atoms with E-state index in [1.54, 1.807) is 31.2 Å². The first-order valence-electron chi connectivity index (χ1n) is 9.88. The van der Waals surface area contributed by atoms with Crippen LogP contribution in [0, 0.1) is 6.92 Å². The SMILES string of the molecule is COc1ccccc1NS(=O)(=O)c1cc(NS(=O)(=O)c2ccc3c(c2)OCCO3)ccc1C. The van der Waals surface area contributed by atoms with Crippen molar-refractivity contribution >= 4 is 31.4 Å². The number of hydrogen-bond donors (Lipinski definition) is 2. The molecule has 2 N–H and O–H groups in total. The number of rotatable bonds is 7. The van der Waals surface area contributed by atoms with E-state index in [1.807, 2.05) is 0 Å². The minimum Gasteiger partial charge on any atom is -0.495 e. The summed E-state index contributed by atoms with van der Waals surface area (Å²) >= 11 is 0. The van der Waals surface area contributed by atoms with Crippen LogP contribution in [0.5, 0.6) is 17.2 Å². The highest BCUT2D eigenvalue weighted by Crippen LogP contribution is 2.33. The Morgan fingerprint density at radius 1 is 0.818 bits per heavy atom. The zero-order valence-corrected chi connectivity index (χ0v) is 19.5. The average molecular weight is 491 g/mol. The van der Waals surface area contributed by atoms with E-state index in [2.05, 4.69) is 9.44 Å². The van der Waals surface area contributed by atoms with Crippen LogP contribution >= 0.6 is 0 Å². The monoisotopic (exact) mass is 490 g/mol. The molecule has 3 aromatic rings. The summed E-state index contributed by atoms with van der Waals surface area (Å²) in [5.74, 6) is 1.15. The van der Waals surface area contributed by atoms with Gasteiger partial charge in [-0.3, -0.25) is 9.44 Å². The average Bonchev–Trinajstić information content (AvgIpc) is 2.80. The quantitative estimate of drug-likeness (QED) is 0.521. The summed E-state index contributed by atoms with van der Waals surface area (Å²) in [7, 11) is -6.61. The summed E-state index contributed by atoms with van der Waals surface area (Å²) in [6, 6.07) is 15.2. The first-order chi connectivity index (χ1) is 15.7. The zero-order valence-electron chi connectivity index (χ0n) is 17.9. The van der Waals surface area contributed by atoms with Crippen molar-refractivity contribution in [3.8, 4) is 17.2 Å². The van der Waals surface area contributed by atoms with E-state index in [4.69, 9.17) is 14.2 Å². The van der Waals surface area contributed by atoms with Gasteiger partial charge in [-0.2, -0.15) is 0 Å². The van der Waals surface area contributed by atoms with Crippen LogP contribution in [-0.2, 0) is 20.0 Å². The minimum absolute atomic E-state index is 0.0381. The van der Waals surface area contributed by atoms with Gasteiger partial charge in [-0.15, -0.1) is 0 Å². The highest BCUT2D eigenvalue weighted by molar-refractivity contribution is 7.93. The van der Waals surface area contributed by atoms with Gasteiger partial charge in [0, 0.05) is 6.07 Å². The molecule has 0 fully saturated rings. The molecule has 0 bridgehead atoms. The summed E-state index contributed by atoms with van der Waals surface area (Å²) < 4.78 is 72.9. The Labute approximate surface area is 192 Å². The first kappa shape index (κ1) is 22.7. The van der Waals surface area contributed by atoms with Gasteiger partial charge >= 0.3 is 0 Å². The molecule has 0 aliphatic carbocycles. The highest BCUT2D eigenvalue weighted by atomic mass is 32.2. The van der Waals surface area contributed by atoms with Crippen molar-refractivity contribution < 1.29 is 31.0 Å². The van der Waals surface area contributed by atoms with Gasteiger partial charge in [0.1, 0.15) is 19.0 Å². The Hall–Kier alpha value is -3.44. The molecule has 0 aromatic heterocycles. The van der Waals surface area contributed by atoms with Crippen LogP contribution in [0.4, 0.5) is 11.4 Å². The molecule has 33 heavy (non-hydrogen) atoms. The first-order valence-corrected chi connectivity index (χ1v) is 12.9. The molecule has 0 amide bonds. The van der Waals surface area contributed by atoms with E-state index >= 15 is 0 Å². The fourth-order valence-corrected chi connectivity index (χ4v) is 5.69. The van der Waals surface area contributed by atoms with Crippen LogP contribution in [0.15, 0.2) is 70.5 Å². The van der Waals surface area contributed by atoms with Gasteiger partial charge in [0.2, 0.25) is 0 Å². The van der Waals surface area contributed by atoms with Gasteiger partial charge < -0.3 is 14.2 Å². The second-order valence-electron chi connectivity index (χ2n) is 7.20. The molecular weight excluding hydrogens is 468 g/mol. The maximum absolute atomic E-state index is 13.1. The molecule has 0 unspecified atom stereocenters. The molecule has 174 valence electrons. The van der Waals surface area contributed by atoms with E-state index in [-0.39, 0.29) is 21.2 Å². The van der Waals surface area contributed by atoms with Crippen molar-refractivity contribution in [2.75, 3.05) is 29.8 Å². The summed E-state index contributed by atoms with van der Waals surface area (Å²) in [4.78, 5) is -0.111. The number of aryl methyl sites for hydroxylation is 1. The highest BCUT2D eigenvalue weighted by Gasteiger charge is 2.23. The van der Waals surface area contributed by atoms with Crippen LogP contribution in [0.1, 0.15) is 5.56 Å². The van der Waals surface area contributed by atoms with Crippen molar-refractivity contribution in [3.63, 3.8) is 0 Å². The van der Waals surface area contributed by atoms with Crippen LogP contribution in [0.3, 0.4) is 0 Å². The number of benzene rings is 3. The van der Waals surface area contributed by atoms with Crippen LogP contribution in [0.25, 0.3) is 0 Å². The largest absolute Gasteiger partial charge is 0.495 e. The van der Waals surface area contributed by atoms with Gasteiger partial charge in [-0.05, 0) is 48.9 Å². The fourth-order valence-electron chi connectivity index (χ4n) is 3.29. The van der Waals surface area contributed by atoms with Gasteiger partial charge in [0.05, 0.1) is 28.3 Å². The van der Waals surface area contributed by atoms with Crippen LogP contribution in [0.2, 0.25) is 0 Å². The Balaban J connectivity index is 1.63. The minimum atomic E-state index is -4.03. The number of ether oxygens (including phenoxy) is 3. The molecule has 1 aliphatic rings. The molecule has 1 heterocycles. The Bertz CT molecular complexity index is 1400. The van der Waals surface area contributed by atoms with Crippen molar-refractivity contribution in [2.24, 2.45) is 0 Å². The predicted octanol–water partition coefficient (Wildman–Crippen LogP) is 3.38. The maximum atomic E-state index is 13.1. The number of nitrogens with one attached hydrogen (secondary N) is 2. The summed E-state index contributed by atoms with van der Waals surface area (Å²) in [6.45, 7) is 2.33. The van der Waals surface area contributed by atoms with Crippen molar-refractivity contribution in [3.05, 3.63) is 66.2 Å². The van der Waals surface area contributed by atoms with Crippen LogP contribution in [-0.4, -0.2) is 37.2 Å². The van der Waals surface area contributed by atoms with Crippen molar-refractivity contribution in [1.82, 2.24) is 0 Å². The second-order valence-corrected chi connectivity index (χ2v) is 10.5. The molecule has 0 atom stereocenters. The molecule has 0 radical (unpaired) electrons. The molecule has 11 heteroatoms. The number of hydrogen-bond acceptors (Lipinski definition) is 7. The van der Waals surface area contributed by atoms with Crippen LogP contribution < -0.4 is 23.7 Å². The fraction of sp³-hybridized carbons (Fsp3) is 0.182. The zero-order chi connectivity index (χ0) is 23.6. The van der Waals surface area contributed by atoms with E-state index in [9.17, 15) is 16.8 Å². The molecule has 3 aromatic carbocycles. The lowest BCUT2D eigenvalue weighted by atomic mass is 10.2. The lowest BCUT2D eigenvalue weighted by molar-refractivity contribution is 0.171. The number of sulfonamides is 2. The number of methoxy groups -OCH3 is 1. The molecule has 0 saturated heterocycles. The summed E-state index contributed by atoms with van der Waals surface area (Å²) in [5.41, 5.74) is 0.803. The van der Waals surface area contributed by atoms with Gasteiger partial charge in [0.15, 0.2) is 11.5 Å². The molecule has 9 nitrogen and oxygen atoms in total. The summed E-state index contributed by atoms with van der Waals surface area (Å²) in [6.07, 6.45) is 0. The number of fused-ring (bicyclic) bond motifs is 1. The van der Waals surface area contributed by atoms with Gasteiger partial charge in [0.25, 0.3) is 20.0 Å². The van der Waals surface area contributed by atoms with E-state index in [0.717, 1.165) is 0 Å². The molecular formula is C22H22N2O7S2. The molecule has 0 saturated carbocycles. The molecule has 1 aliphatic heterocycles. The third-order valence-electron chi connectivity index (χ3n) is 4.91. The van der Waals surface area contributed by atoms with E-state index in [0.29, 0.717) is 36.0 Å². The van der Waals surface area contributed by atoms with E-state index < -0.39 is 20.0 Å². The topological polar surface area (TPSA) is 120 Å². The third-order valence-corrected chi connectivity index (χ3v) is 7.79. The molecule has 0 spiro atoms. The van der Waals surface area contributed by atoms with Crippen molar-refractivity contribution in [2.45, 2.75) is 16.7 Å². The number of anilines is 2. The Morgan fingerprint density at radius 2 is 1.55 bits per heavy atom. The second kappa shape index (κ2) is 8.83. The Kier molecular flexibility index (Phi) is 6.09. The third kappa shape index (κ3) is 4.83. The number of para-hydroxylation sites is 2.